The van der Waals surface area contributed by atoms with Gasteiger partial charge in [0.1, 0.15) is 0 Å². The molecule has 1 unspecified atom stereocenters. The van der Waals surface area contributed by atoms with Crippen molar-refractivity contribution in [2.75, 3.05) is 0 Å². The highest BCUT2D eigenvalue weighted by molar-refractivity contribution is 7.80. The lowest BCUT2D eigenvalue weighted by Crippen LogP contribution is -2.03. The summed E-state index contributed by atoms with van der Waals surface area (Å²) in [6.07, 6.45) is 5.31. The number of aryl methyl sites for hydroxylation is 2. The minimum Gasteiger partial charge on any atom is -0.252 e. The molecule has 4 heteroatoms. The van der Waals surface area contributed by atoms with Gasteiger partial charge in [-0.1, -0.05) is 26.0 Å². The molecule has 0 aliphatic rings. The van der Waals surface area contributed by atoms with E-state index in [-0.39, 0.29) is 0 Å². The van der Waals surface area contributed by atoms with E-state index in [1.54, 1.807) is 0 Å². The van der Waals surface area contributed by atoms with Crippen LogP contribution in [-0.2, 0) is 13.0 Å². The van der Waals surface area contributed by atoms with E-state index in [2.05, 4.69) is 49.9 Å². The fourth-order valence-electron chi connectivity index (χ4n) is 1.32. The Morgan fingerprint density at radius 3 is 2.67 bits per heavy atom. The third-order valence-corrected chi connectivity index (χ3v) is 2.60. The van der Waals surface area contributed by atoms with E-state index in [0.717, 1.165) is 31.0 Å². The number of rotatable bonds is 6. The number of hydrogen-bond acceptors (Lipinski definition) is 3. The second-order valence-electron chi connectivity index (χ2n) is 4.54. The monoisotopic (exact) mass is 227 g/mol. The lowest BCUT2D eigenvalue weighted by molar-refractivity contribution is 0.558. The third-order valence-electron chi connectivity index (χ3n) is 2.34. The summed E-state index contributed by atoms with van der Waals surface area (Å²) in [6.45, 7) is 7.47. The quantitative estimate of drug-likeness (QED) is 0.757. The van der Waals surface area contributed by atoms with Crippen LogP contribution in [0.1, 0.15) is 39.3 Å². The maximum absolute atomic E-state index is 4.34. The van der Waals surface area contributed by atoms with Crippen LogP contribution in [0.15, 0.2) is 6.20 Å². The molecule has 1 aromatic rings. The highest BCUT2D eigenvalue weighted by Gasteiger charge is 2.03. The van der Waals surface area contributed by atoms with Gasteiger partial charge in [0.05, 0.1) is 5.69 Å². The molecule has 0 aliphatic heterocycles. The van der Waals surface area contributed by atoms with Crippen molar-refractivity contribution >= 4 is 12.6 Å². The van der Waals surface area contributed by atoms with Gasteiger partial charge in [0.2, 0.25) is 0 Å². The first-order chi connectivity index (χ1) is 7.08. The van der Waals surface area contributed by atoms with Crippen LogP contribution in [0.5, 0.6) is 0 Å². The zero-order chi connectivity index (χ0) is 11.3. The van der Waals surface area contributed by atoms with E-state index < -0.39 is 0 Å². The Morgan fingerprint density at radius 2 is 2.07 bits per heavy atom. The molecule has 0 saturated carbocycles. The Balaban J connectivity index is 2.35. The molecule has 0 aromatic carbocycles. The van der Waals surface area contributed by atoms with Crippen LogP contribution < -0.4 is 0 Å². The highest BCUT2D eigenvalue weighted by Crippen LogP contribution is 2.07. The van der Waals surface area contributed by atoms with Crippen molar-refractivity contribution in [3.8, 4) is 0 Å². The fourth-order valence-corrected chi connectivity index (χ4v) is 1.43. The van der Waals surface area contributed by atoms with Crippen molar-refractivity contribution in [3.05, 3.63) is 11.9 Å². The second kappa shape index (κ2) is 6.16. The molecule has 0 saturated heterocycles. The van der Waals surface area contributed by atoms with Crippen LogP contribution in [0.3, 0.4) is 0 Å². The van der Waals surface area contributed by atoms with Crippen LogP contribution in [0.4, 0.5) is 0 Å². The van der Waals surface area contributed by atoms with Gasteiger partial charge in [-0.25, -0.2) is 0 Å². The molecule has 15 heavy (non-hydrogen) atoms. The maximum Gasteiger partial charge on any atom is 0.0827 e. The summed E-state index contributed by atoms with van der Waals surface area (Å²) in [5, 5.41) is 8.68. The summed E-state index contributed by atoms with van der Waals surface area (Å²) < 4.78 is 1.92. The average Bonchev–Trinajstić information content (AvgIpc) is 2.59. The summed E-state index contributed by atoms with van der Waals surface area (Å²) in [7, 11) is 0. The zero-order valence-corrected chi connectivity index (χ0v) is 10.7. The Morgan fingerprint density at radius 1 is 1.33 bits per heavy atom. The summed E-state index contributed by atoms with van der Waals surface area (Å²) in [6, 6.07) is 0. The SMILES string of the molecule is CC(C)CCc1cn(CCC(C)S)nn1. The molecule has 0 amide bonds. The first-order valence-electron chi connectivity index (χ1n) is 5.65. The zero-order valence-electron chi connectivity index (χ0n) is 9.85. The standard InChI is InChI=1S/C11H21N3S/c1-9(2)4-5-11-8-14(13-12-11)7-6-10(3)15/h8-10,15H,4-7H2,1-3H3. The van der Waals surface area contributed by atoms with E-state index in [1.165, 1.54) is 6.42 Å². The maximum atomic E-state index is 4.34. The van der Waals surface area contributed by atoms with Crippen molar-refractivity contribution in [1.29, 1.82) is 0 Å². The van der Waals surface area contributed by atoms with Gasteiger partial charge >= 0.3 is 0 Å². The number of hydrogen-bond donors (Lipinski definition) is 1. The number of aromatic nitrogens is 3. The summed E-state index contributed by atoms with van der Waals surface area (Å²) in [4.78, 5) is 0. The second-order valence-corrected chi connectivity index (χ2v) is 5.42. The van der Waals surface area contributed by atoms with Gasteiger partial charge < -0.3 is 0 Å². The lowest BCUT2D eigenvalue weighted by atomic mass is 10.1. The number of thiol groups is 1. The average molecular weight is 227 g/mol. The number of nitrogens with zero attached hydrogens (tertiary/aromatic N) is 3. The van der Waals surface area contributed by atoms with Gasteiger partial charge in [0, 0.05) is 18.0 Å². The molecule has 0 N–H and O–H groups in total. The van der Waals surface area contributed by atoms with Crippen molar-refractivity contribution in [1.82, 2.24) is 15.0 Å². The van der Waals surface area contributed by atoms with E-state index >= 15 is 0 Å². The van der Waals surface area contributed by atoms with Gasteiger partial charge in [0.15, 0.2) is 0 Å². The molecule has 1 atom stereocenters. The molecular weight excluding hydrogens is 206 g/mol. The summed E-state index contributed by atoms with van der Waals surface area (Å²) in [5.41, 5.74) is 1.11. The molecule has 0 fully saturated rings. The van der Waals surface area contributed by atoms with Crippen molar-refractivity contribution in [3.63, 3.8) is 0 Å². The Bertz CT molecular complexity index is 255. The molecule has 1 rings (SSSR count). The van der Waals surface area contributed by atoms with Gasteiger partial charge in [0.25, 0.3) is 0 Å². The summed E-state index contributed by atoms with van der Waals surface area (Å²) in [5.74, 6) is 0.729. The lowest BCUT2D eigenvalue weighted by Gasteiger charge is -2.02. The van der Waals surface area contributed by atoms with E-state index in [9.17, 15) is 0 Å². The Hall–Kier alpha value is -0.510. The molecule has 0 aliphatic carbocycles. The van der Waals surface area contributed by atoms with E-state index in [1.807, 2.05) is 4.68 Å². The highest BCUT2D eigenvalue weighted by atomic mass is 32.1. The third kappa shape index (κ3) is 5.21. The van der Waals surface area contributed by atoms with E-state index in [4.69, 9.17) is 0 Å². The molecule has 0 bridgehead atoms. The Kier molecular flexibility index (Phi) is 5.15. The van der Waals surface area contributed by atoms with Crippen molar-refractivity contribution in [2.24, 2.45) is 5.92 Å². The minimum absolute atomic E-state index is 0.424. The van der Waals surface area contributed by atoms with E-state index in [0.29, 0.717) is 5.25 Å². The van der Waals surface area contributed by atoms with Crippen LogP contribution >= 0.6 is 12.6 Å². The molecule has 3 nitrogen and oxygen atoms in total. The van der Waals surface area contributed by atoms with Crippen molar-refractivity contribution in [2.45, 2.75) is 51.8 Å². The van der Waals surface area contributed by atoms with Gasteiger partial charge in [-0.05, 0) is 25.2 Å². The summed E-state index contributed by atoms with van der Waals surface area (Å²) >= 11 is 4.34. The largest absolute Gasteiger partial charge is 0.252 e. The normalized spacial score (nSPS) is 13.4. The molecule has 86 valence electrons. The molecule has 1 aromatic heterocycles. The van der Waals surface area contributed by atoms with Gasteiger partial charge in [-0.2, -0.15) is 12.6 Å². The first kappa shape index (κ1) is 12.6. The molecule has 1 heterocycles. The first-order valence-corrected chi connectivity index (χ1v) is 6.16. The molecule has 0 radical (unpaired) electrons. The van der Waals surface area contributed by atoms with Crippen LogP contribution in [0, 0.1) is 5.92 Å². The fraction of sp³-hybridized carbons (Fsp3) is 0.818. The smallest absolute Gasteiger partial charge is 0.0827 e. The molecular formula is C11H21N3S. The van der Waals surface area contributed by atoms with Crippen LogP contribution in [-0.4, -0.2) is 20.2 Å². The van der Waals surface area contributed by atoms with Crippen LogP contribution in [0.25, 0.3) is 0 Å². The molecule has 0 spiro atoms. The van der Waals surface area contributed by atoms with Crippen LogP contribution in [0.2, 0.25) is 0 Å². The minimum atomic E-state index is 0.424. The predicted molar refractivity (Wildman–Crippen MR) is 66.2 cm³/mol. The van der Waals surface area contributed by atoms with Gasteiger partial charge in [-0.15, -0.1) is 5.10 Å². The predicted octanol–water partition coefficient (Wildman–Crippen LogP) is 2.58. The Labute approximate surface area is 97.7 Å². The van der Waals surface area contributed by atoms with Gasteiger partial charge in [-0.3, -0.25) is 4.68 Å². The van der Waals surface area contributed by atoms with Crippen molar-refractivity contribution < 1.29 is 0 Å². The topological polar surface area (TPSA) is 30.7 Å².